The van der Waals surface area contributed by atoms with E-state index in [1.165, 1.54) is 71.0 Å². The van der Waals surface area contributed by atoms with Crippen LogP contribution in [0.3, 0.4) is 0 Å². The van der Waals surface area contributed by atoms with Gasteiger partial charge >= 0.3 is 0 Å². The first-order chi connectivity index (χ1) is 16.3. The number of amides is 2. The van der Waals surface area contributed by atoms with Gasteiger partial charge in [-0.25, -0.2) is 0 Å². The molecule has 0 aromatic heterocycles. The Kier molecular flexibility index (Phi) is 8.64. The smallest absolute Gasteiger partial charge is 0.225 e. The van der Waals surface area contributed by atoms with Crippen molar-refractivity contribution in [1.82, 2.24) is 14.7 Å². The van der Waals surface area contributed by atoms with Crippen molar-refractivity contribution in [3.05, 3.63) is 0 Å². The largest absolute Gasteiger partial charge is 0.342 e. The number of carbonyl (C=O) groups is 2. The maximum atomic E-state index is 13.1. The number of hydrogen-bond donors (Lipinski definition) is 0. The SMILES string of the molecule is CC(C)C(=O)N1CCC2(CCN(CC3CCN(C(=O)C4CCC(C(C)C)CC4)CC3)CC2)CC1. The molecule has 194 valence electrons. The van der Waals surface area contributed by atoms with Gasteiger partial charge in [0, 0.05) is 44.6 Å². The summed E-state index contributed by atoms with van der Waals surface area (Å²) in [5, 5.41) is 0. The van der Waals surface area contributed by atoms with E-state index in [-0.39, 0.29) is 5.92 Å². The van der Waals surface area contributed by atoms with E-state index < -0.39 is 0 Å². The van der Waals surface area contributed by atoms with E-state index in [1.807, 2.05) is 13.8 Å². The van der Waals surface area contributed by atoms with Crippen LogP contribution in [0.2, 0.25) is 0 Å². The van der Waals surface area contributed by atoms with Crippen LogP contribution in [0.1, 0.15) is 91.9 Å². The third-order valence-corrected chi connectivity index (χ3v) is 10.1. The summed E-state index contributed by atoms with van der Waals surface area (Å²) in [4.78, 5) is 32.4. The summed E-state index contributed by atoms with van der Waals surface area (Å²) < 4.78 is 0. The van der Waals surface area contributed by atoms with E-state index in [4.69, 9.17) is 0 Å². The lowest BCUT2D eigenvalue weighted by Gasteiger charge is -2.48. The molecule has 34 heavy (non-hydrogen) atoms. The second-order valence-corrected chi connectivity index (χ2v) is 12.9. The molecule has 3 saturated heterocycles. The van der Waals surface area contributed by atoms with Gasteiger partial charge in [-0.3, -0.25) is 9.59 Å². The molecule has 0 atom stereocenters. The first-order valence-corrected chi connectivity index (χ1v) is 14.6. The molecule has 0 aromatic rings. The molecular weight excluding hydrogens is 422 g/mol. The van der Waals surface area contributed by atoms with E-state index in [0.717, 1.165) is 56.8 Å². The molecule has 0 aromatic carbocycles. The monoisotopic (exact) mass is 473 g/mol. The molecule has 5 heteroatoms. The predicted octanol–water partition coefficient (Wildman–Crippen LogP) is 5.05. The zero-order valence-electron chi connectivity index (χ0n) is 22.6. The lowest BCUT2D eigenvalue weighted by molar-refractivity contribution is -0.139. The van der Waals surface area contributed by atoms with Crippen molar-refractivity contribution < 1.29 is 9.59 Å². The Morgan fingerprint density at radius 3 is 1.82 bits per heavy atom. The van der Waals surface area contributed by atoms with Crippen LogP contribution in [0.5, 0.6) is 0 Å². The van der Waals surface area contributed by atoms with Crippen LogP contribution in [0, 0.1) is 35.0 Å². The normalized spacial score (nSPS) is 29.2. The maximum absolute atomic E-state index is 13.1. The molecule has 3 aliphatic heterocycles. The summed E-state index contributed by atoms with van der Waals surface area (Å²) in [6.45, 7) is 16.2. The summed E-state index contributed by atoms with van der Waals surface area (Å²) in [7, 11) is 0. The molecule has 4 aliphatic rings. The van der Waals surface area contributed by atoms with Crippen molar-refractivity contribution in [3.63, 3.8) is 0 Å². The number of piperidine rings is 3. The molecule has 1 spiro atoms. The van der Waals surface area contributed by atoms with E-state index >= 15 is 0 Å². The van der Waals surface area contributed by atoms with Gasteiger partial charge in [0.1, 0.15) is 0 Å². The van der Waals surface area contributed by atoms with Gasteiger partial charge in [-0.2, -0.15) is 0 Å². The fourth-order valence-electron chi connectivity index (χ4n) is 7.27. The molecule has 0 N–H and O–H groups in total. The lowest BCUT2D eigenvalue weighted by Crippen LogP contribution is -2.50. The van der Waals surface area contributed by atoms with Gasteiger partial charge < -0.3 is 14.7 Å². The molecule has 5 nitrogen and oxygen atoms in total. The van der Waals surface area contributed by atoms with E-state index in [2.05, 4.69) is 28.5 Å². The Morgan fingerprint density at radius 1 is 0.735 bits per heavy atom. The van der Waals surface area contributed by atoms with Crippen molar-refractivity contribution in [2.24, 2.45) is 35.0 Å². The summed E-state index contributed by atoms with van der Waals surface area (Å²) in [6, 6.07) is 0. The Balaban J connectivity index is 1.14. The van der Waals surface area contributed by atoms with Crippen molar-refractivity contribution in [2.45, 2.75) is 91.9 Å². The molecule has 3 heterocycles. The van der Waals surface area contributed by atoms with Crippen LogP contribution in [0.25, 0.3) is 0 Å². The first-order valence-electron chi connectivity index (χ1n) is 14.6. The Labute approximate surface area is 209 Å². The van der Waals surface area contributed by atoms with Crippen molar-refractivity contribution in [2.75, 3.05) is 45.8 Å². The van der Waals surface area contributed by atoms with Crippen LogP contribution in [0.4, 0.5) is 0 Å². The highest BCUT2D eigenvalue weighted by atomic mass is 16.2. The average molecular weight is 474 g/mol. The highest BCUT2D eigenvalue weighted by molar-refractivity contribution is 5.79. The maximum Gasteiger partial charge on any atom is 0.225 e. The fourth-order valence-corrected chi connectivity index (χ4v) is 7.27. The van der Waals surface area contributed by atoms with Crippen LogP contribution >= 0.6 is 0 Å². The summed E-state index contributed by atoms with van der Waals surface area (Å²) in [6.07, 6.45) is 12.1. The number of likely N-dealkylation sites (tertiary alicyclic amines) is 3. The molecule has 2 amide bonds. The highest BCUT2D eigenvalue weighted by Gasteiger charge is 2.39. The van der Waals surface area contributed by atoms with Crippen LogP contribution < -0.4 is 0 Å². The van der Waals surface area contributed by atoms with Gasteiger partial charge in [-0.15, -0.1) is 0 Å². The zero-order valence-corrected chi connectivity index (χ0v) is 22.6. The molecule has 0 unspecified atom stereocenters. The van der Waals surface area contributed by atoms with Crippen LogP contribution in [0.15, 0.2) is 0 Å². The number of nitrogens with zero attached hydrogens (tertiary/aromatic N) is 3. The Bertz CT molecular complexity index is 671. The van der Waals surface area contributed by atoms with E-state index in [9.17, 15) is 9.59 Å². The molecule has 4 rings (SSSR count). The number of rotatable bonds is 5. The van der Waals surface area contributed by atoms with Gasteiger partial charge in [0.05, 0.1) is 0 Å². The first kappa shape index (κ1) is 26.0. The third kappa shape index (κ3) is 6.17. The van der Waals surface area contributed by atoms with Crippen molar-refractivity contribution >= 4 is 11.8 Å². The Morgan fingerprint density at radius 2 is 1.29 bits per heavy atom. The highest BCUT2D eigenvalue weighted by Crippen LogP contribution is 2.42. The second kappa shape index (κ2) is 11.3. The van der Waals surface area contributed by atoms with Gasteiger partial charge in [-0.1, -0.05) is 27.7 Å². The molecule has 4 fully saturated rings. The quantitative estimate of drug-likeness (QED) is 0.561. The fraction of sp³-hybridized carbons (Fsp3) is 0.931. The molecule has 1 aliphatic carbocycles. The third-order valence-electron chi connectivity index (χ3n) is 10.1. The van der Waals surface area contributed by atoms with Crippen molar-refractivity contribution in [3.8, 4) is 0 Å². The van der Waals surface area contributed by atoms with Gasteiger partial charge in [-0.05, 0) is 100 Å². The minimum Gasteiger partial charge on any atom is -0.342 e. The minimum atomic E-state index is 0.123. The van der Waals surface area contributed by atoms with Crippen LogP contribution in [-0.4, -0.2) is 72.3 Å². The number of hydrogen-bond acceptors (Lipinski definition) is 3. The van der Waals surface area contributed by atoms with Crippen molar-refractivity contribution in [1.29, 1.82) is 0 Å². The molecule has 1 saturated carbocycles. The number of carbonyl (C=O) groups excluding carboxylic acids is 2. The van der Waals surface area contributed by atoms with Gasteiger partial charge in [0.25, 0.3) is 0 Å². The average Bonchev–Trinajstić information content (AvgIpc) is 2.85. The molecular formula is C29H51N3O2. The van der Waals surface area contributed by atoms with Crippen LogP contribution in [-0.2, 0) is 9.59 Å². The molecule has 0 radical (unpaired) electrons. The second-order valence-electron chi connectivity index (χ2n) is 12.9. The summed E-state index contributed by atoms with van der Waals surface area (Å²) in [5.74, 6) is 3.56. The minimum absolute atomic E-state index is 0.123. The predicted molar refractivity (Wildman–Crippen MR) is 138 cm³/mol. The summed E-state index contributed by atoms with van der Waals surface area (Å²) >= 11 is 0. The Hall–Kier alpha value is -1.10. The lowest BCUT2D eigenvalue weighted by atomic mass is 9.71. The van der Waals surface area contributed by atoms with E-state index in [1.54, 1.807) is 0 Å². The summed E-state index contributed by atoms with van der Waals surface area (Å²) in [5.41, 5.74) is 0.481. The topological polar surface area (TPSA) is 43.9 Å². The zero-order chi connectivity index (χ0) is 24.3. The van der Waals surface area contributed by atoms with Gasteiger partial charge in [0.2, 0.25) is 11.8 Å². The van der Waals surface area contributed by atoms with Gasteiger partial charge in [0.15, 0.2) is 0 Å². The molecule has 0 bridgehead atoms. The standard InChI is InChI=1S/C29H51N3O2/c1-22(2)25-5-7-26(8-6-25)28(34)31-15-9-24(10-16-31)21-30-17-11-29(12-18-30)13-19-32(20-14-29)27(33)23(3)4/h22-26H,5-21H2,1-4H3. The van der Waals surface area contributed by atoms with E-state index in [0.29, 0.717) is 23.1 Å².